The highest BCUT2D eigenvalue weighted by Gasteiger charge is 2.10. The zero-order valence-electron chi connectivity index (χ0n) is 15.0. The molecule has 0 N–H and O–H groups in total. The van der Waals surface area contributed by atoms with E-state index in [4.69, 9.17) is 0 Å². The molecule has 0 fully saturated rings. The average molecular weight is 316 g/mol. The van der Waals surface area contributed by atoms with Crippen LogP contribution in [0.5, 0.6) is 0 Å². The molecular formula is C24H28. The molecule has 0 heterocycles. The first kappa shape index (κ1) is 18.1. The van der Waals surface area contributed by atoms with Gasteiger partial charge < -0.3 is 0 Å². The standard InChI is InChI=1S/C24H28/c1-3-5-7-10-16-21(15-6-4-2)24(22-17-11-8-12-18-22)23-19-13-9-14-20-23/h8-9,11-14,17-20H,3-7,15H2,1-2H3. The van der Waals surface area contributed by atoms with E-state index in [2.05, 4.69) is 86.4 Å². The quantitative estimate of drug-likeness (QED) is 0.386. The van der Waals surface area contributed by atoms with Gasteiger partial charge in [-0.05, 0) is 30.4 Å². The van der Waals surface area contributed by atoms with Crippen LogP contribution in [0.1, 0.15) is 63.5 Å². The molecule has 0 aromatic heterocycles. The number of hydrogen-bond acceptors (Lipinski definition) is 0. The smallest absolute Gasteiger partial charge is 0.0105 e. The third kappa shape index (κ3) is 5.43. The largest absolute Gasteiger partial charge is 0.0982 e. The molecule has 0 spiro atoms. The molecular weight excluding hydrogens is 288 g/mol. The predicted molar refractivity (Wildman–Crippen MR) is 106 cm³/mol. The lowest BCUT2D eigenvalue weighted by Crippen LogP contribution is -1.94. The molecule has 2 aromatic rings. The van der Waals surface area contributed by atoms with Gasteiger partial charge in [-0.3, -0.25) is 0 Å². The maximum absolute atomic E-state index is 3.52. The van der Waals surface area contributed by atoms with Crippen LogP contribution in [0.2, 0.25) is 0 Å². The van der Waals surface area contributed by atoms with Crippen LogP contribution in [0.15, 0.2) is 66.2 Å². The van der Waals surface area contributed by atoms with E-state index >= 15 is 0 Å². The van der Waals surface area contributed by atoms with Crippen LogP contribution in [0.25, 0.3) is 5.57 Å². The van der Waals surface area contributed by atoms with Crippen molar-refractivity contribution in [3.05, 3.63) is 77.4 Å². The van der Waals surface area contributed by atoms with Crippen molar-refractivity contribution in [2.45, 2.75) is 52.4 Å². The Kier molecular flexibility index (Phi) is 7.91. The molecule has 2 rings (SSSR count). The van der Waals surface area contributed by atoms with E-state index in [-0.39, 0.29) is 0 Å². The summed E-state index contributed by atoms with van der Waals surface area (Å²) in [4.78, 5) is 0. The Balaban J connectivity index is 2.51. The topological polar surface area (TPSA) is 0 Å². The molecule has 2 aromatic carbocycles. The minimum absolute atomic E-state index is 0.989. The minimum Gasteiger partial charge on any atom is -0.0982 e. The molecule has 0 saturated carbocycles. The second kappa shape index (κ2) is 10.5. The van der Waals surface area contributed by atoms with Gasteiger partial charge in [-0.1, -0.05) is 99.2 Å². The number of unbranched alkanes of at least 4 members (excludes halogenated alkanes) is 3. The lowest BCUT2D eigenvalue weighted by atomic mass is 9.91. The zero-order valence-corrected chi connectivity index (χ0v) is 15.0. The molecule has 0 bridgehead atoms. The first-order valence-electron chi connectivity index (χ1n) is 9.19. The maximum atomic E-state index is 3.52. The maximum Gasteiger partial charge on any atom is 0.0105 e. The van der Waals surface area contributed by atoms with Crippen LogP contribution in [0, 0.1) is 11.8 Å². The Bertz CT molecular complexity index is 640. The van der Waals surface area contributed by atoms with Crippen molar-refractivity contribution in [1.82, 2.24) is 0 Å². The van der Waals surface area contributed by atoms with Crippen molar-refractivity contribution in [3.63, 3.8) is 0 Å². The average Bonchev–Trinajstić information content (AvgIpc) is 2.64. The number of rotatable bonds is 7. The zero-order chi connectivity index (χ0) is 17.0. The monoisotopic (exact) mass is 316 g/mol. The fourth-order valence-electron chi connectivity index (χ4n) is 2.76. The summed E-state index contributed by atoms with van der Waals surface area (Å²) in [7, 11) is 0. The van der Waals surface area contributed by atoms with Crippen molar-refractivity contribution >= 4 is 5.57 Å². The van der Waals surface area contributed by atoms with Gasteiger partial charge in [0.15, 0.2) is 0 Å². The van der Waals surface area contributed by atoms with Crippen LogP contribution in [-0.2, 0) is 0 Å². The van der Waals surface area contributed by atoms with E-state index in [9.17, 15) is 0 Å². The van der Waals surface area contributed by atoms with E-state index in [1.165, 1.54) is 48.0 Å². The SMILES string of the molecule is CCCCC#CC(CCCC)=C(c1ccccc1)c1ccccc1. The van der Waals surface area contributed by atoms with Gasteiger partial charge in [0, 0.05) is 17.6 Å². The fraction of sp³-hybridized carbons (Fsp3) is 0.333. The molecule has 0 saturated heterocycles. The normalized spacial score (nSPS) is 9.92. The van der Waals surface area contributed by atoms with E-state index in [1.54, 1.807) is 0 Å². The van der Waals surface area contributed by atoms with E-state index in [0.29, 0.717) is 0 Å². The fourth-order valence-corrected chi connectivity index (χ4v) is 2.76. The molecule has 0 radical (unpaired) electrons. The number of benzene rings is 2. The van der Waals surface area contributed by atoms with Crippen molar-refractivity contribution in [2.24, 2.45) is 0 Å². The van der Waals surface area contributed by atoms with Crippen LogP contribution in [-0.4, -0.2) is 0 Å². The highest BCUT2D eigenvalue weighted by atomic mass is 14.1. The summed E-state index contributed by atoms with van der Waals surface area (Å²) in [5, 5.41) is 0. The van der Waals surface area contributed by atoms with E-state index in [1.807, 2.05) is 0 Å². The highest BCUT2D eigenvalue weighted by Crippen LogP contribution is 2.29. The van der Waals surface area contributed by atoms with Gasteiger partial charge in [0.1, 0.15) is 0 Å². The summed E-state index contributed by atoms with van der Waals surface area (Å²) in [5.74, 6) is 6.92. The molecule has 0 unspecified atom stereocenters. The number of hydrogen-bond donors (Lipinski definition) is 0. The van der Waals surface area contributed by atoms with Gasteiger partial charge in [0.2, 0.25) is 0 Å². The molecule has 0 amide bonds. The Morgan fingerprint density at radius 1 is 0.750 bits per heavy atom. The Hall–Kier alpha value is -2.26. The van der Waals surface area contributed by atoms with Gasteiger partial charge in [-0.2, -0.15) is 0 Å². The van der Waals surface area contributed by atoms with Crippen molar-refractivity contribution in [2.75, 3.05) is 0 Å². The minimum atomic E-state index is 0.989. The van der Waals surface area contributed by atoms with Gasteiger partial charge in [0.05, 0.1) is 0 Å². The summed E-state index contributed by atoms with van der Waals surface area (Å²) in [6.45, 7) is 4.46. The molecule has 0 aliphatic carbocycles. The van der Waals surface area contributed by atoms with Crippen LogP contribution in [0.4, 0.5) is 0 Å². The van der Waals surface area contributed by atoms with Crippen molar-refractivity contribution < 1.29 is 0 Å². The Morgan fingerprint density at radius 2 is 1.29 bits per heavy atom. The second-order valence-corrected chi connectivity index (χ2v) is 6.09. The molecule has 0 heteroatoms. The highest BCUT2D eigenvalue weighted by molar-refractivity contribution is 5.84. The Morgan fingerprint density at radius 3 is 1.79 bits per heavy atom. The van der Waals surface area contributed by atoms with Crippen molar-refractivity contribution in [1.29, 1.82) is 0 Å². The third-order valence-corrected chi connectivity index (χ3v) is 4.10. The van der Waals surface area contributed by atoms with Crippen LogP contribution < -0.4 is 0 Å². The van der Waals surface area contributed by atoms with E-state index in [0.717, 1.165) is 12.8 Å². The van der Waals surface area contributed by atoms with Crippen LogP contribution >= 0.6 is 0 Å². The summed E-state index contributed by atoms with van der Waals surface area (Å²) in [6, 6.07) is 21.4. The number of allylic oxidation sites excluding steroid dienone is 1. The second-order valence-electron chi connectivity index (χ2n) is 6.09. The Labute approximate surface area is 147 Å². The van der Waals surface area contributed by atoms with Gasteiger partial charge in [0.25, 0.3) is 0 Å². The lowest BCUT2D eigenvalue weighted by Gasteiger charge is -2.13. The summed E-state index contributed by atoms with van der Waals surface area (Å²) in [5.41, 5.74) is 5.11. The van der Waals surface area contributed by atoms with Crippen LogP contribution in [0.3, 0.4) is 0 Å². The first-order chi connectivity index (χ1) is 11.9. The van der Waals surface area contributed by atoms with Crippen molar-refractivity contribution in [3.8, 4) is 11.8 Å². The molecule has 0 nitrogen and oxygen atoms in total. The predicted octanol–water partition coefficient (Wildman–Crippen LogP) is 6.87. The summed E-state index contributed by atoms with van der Waals surface area (Å²) < 4.78 is 0. The molecule has 0 atom stereocenters. The van der Waals surface area contributed by atoms with Gasteiger partial charge in [-0.15, -0.1) is 0 Å². The van der Waals surface area contributed by atoms with Gasteiger partial charge in [-0.25, -0.2) is 0 Å². The molecule has 24 heavy (non-hydrogen) atoms. The molecule has 0 aliphatic heterocycles. The molecule has 124 valence electrons. The first-order valence-corrected chi connectivity index (χ1v) is 9.19. The summed E-state index contributed by atoms with van der Waals surface area (Å²) in [6.07, 6.45) is 6.79. The third-order valence-electron chi connectivity index (χ3n) is 4.10. The van der Waals surface area contributed by atoms with E-state index < -0.39 is 0 Å². The summed E-state index contributed by atoms with van der Waals surface area (Å²) >= 11 is 0. The molecule has 0 aliphatic rings. The lowest BCUT2D eigenvalue weighted by molar-refractivity contribution is 0.800. The van der Waals surface area contributed by atoms with Gasteiger partial charge >= 0.3 is 0 Å².